The molecule has 1 aromatic carbocycles. The summed E-state index contributed by atoms with van der Waals surface area (Å²) < 4.78 is 43.1. The molecule has 11 heteroatoms. The molecule has 2 aromatic heterocycles. The number of hydrogen-bond acceptors (Lipinski definition) is 6. The van der Waals surface area contributed by atoms with Gasteiger partial charge in [-0.3, -0.25) is 9.59 Å². The predicted octanol–water partition coefficient (Wildman–Crippen LogP) is 2.08. The number of anilines is 1. The molecule has 3 aromatic rings. The van der Waals surface area contributed by atoms with Gasteiger partial charge in [0.25, 0.3) is 5.56 Å². The average molecular weight is 447 g/mol. The molecule has 0 aliphatic carbocycles. The lowest BCUT2D eigenvalue weighted by Crippen LogP contribution is -2.50. The van der Waals surface area contributed by atoms with Crippen molar-refractivity contribution in [3.63, 3.8) is 0 Å². The van der Waals surface area contributed by atoms with Gasteiger partial charge in [-0.25, -0.2) is 9.97 Å². The third kappa shape index (κ3) is 4.98. The quantitative estimate of drug-likeness (QED) is 0.596. The Morgan fingerprint density at radius 1 is 1.06 bits per heavy atom. The number of aromatic nitrogens is 3. The maximum atomic E-state index is 12.7. The van der Waals surface area contributed by atoms with Crippen LogP contribution in [0.25, 0.3) is 10.8 Å². The van der Waals surface area contributed by atoms with Gasteiger partial charge >= 0.3 is 6.18 Å². The number of carbonyl (C=O) groups excluding carboxylic acids is 1. The third-order valence-corrected chi connectivity index (χ3v) is 5.16. The van der Waals surface area contributed by atoms with E-state index in [1.54, 1.807) is 29.3 Å². The molecule has 0 bridgehead atoms. The molecule has 0 spiro atoms. The van der Waals surface area contributed by atoms with Crippen LogP contribution >= 0.6 is 0 Å². The summed E-state index contributed by atoms with van der Waals surface area (Å²) in [7, 11) is 0. The van der Waals surface area contributed by atoms with Crippen LogP contribution in [0.2, 0.25) is 0 Å². The van der Waals surface area contributed by atoms with Crippen LogP contribution in [0, 0.1) is 0 Å². The molecule has 1 saturated heterocycles. The van der Waals surface area contributed by atoms with E-state index in [0.29, 0.717) is 37.4 Å². The lowest BCUT2D eigenvalue weighted by Gasteiger charge is -2.35. The van der Waals surface area contributed by atoms with Gasteiger partial charge in [-0.05, 0) is 17.5 Å². The van der Waals surface area contributed by atoms with E-state index in [1.807, 2.05) is 17.0 Å². The molecule has 0 unspecified atom stereocenters. The van der Waals surface area contributed by atoms with Crippen LogP contribution in [0.4, 0.5) is 19.0 Å². The standard InChI is InChI=1S/C21H20F3N5O3/c22-21(23,24)13-32-18-11-17(25-14-26-18)27-7-9-28(10-8-27)19(30)12-29-6-5-15-3-1-2-4-16(15)20(29)31/h1-6,11,14H,7-10,12-13H2. The molecular weight excluding hydrogens is 427 g/mol. The Kier molecular flexibility index (Phi) is 5.97. The minimum absolute atomic E-state index is 0.0629. The Balaban J connectivity index is 1.36. The number of carbonyl (C=O) groups is 1. The zero-order valence-electron chi connectivity index (χ0n) is 17.0. The predicted molar refractivity (Wildman–Crippen MR) is 111 cm³/mol. The first-order valence-electron chi connectivity index (χ1n) is 9.93. The van der Waals surface area contributed by atoms with Crippen molar-refractivity contribution in [3.8, 4) is 5.88 Å². The summed E-state index contributed by atoms with van der Waals surface area (Å²) >= 11 is 0. The van der Waals surface area contributed by atoms with Crippen molar-refractivity contribution in [1.82, 2.24) is 19.4 Å². The molecule has 1 aliphatic rings. The Labute approximate surface area is 180 Å². The van der Waals surface area contributed by atoms with E-state index in [-0.39, 0.29) is 23.9 Å². The van der Waals surface area contributed by atoms with Crippen LogP contribution in [0.5, 0.6) is 5.88 Å². The van der Waals surface area contributed by atoms with Crippen molar-refractivity contribution < 1.29 is 22.7 Å². The fourth-order valence-electron chi connectivity index (χ4n) is 3.52. The SMILES string of the molecule is O=C(Cn1ccc2ccccc2c1=O)N1CCN(c2cc(OCC(F)(F)F)ncn2)CC1. The number of rotatable bonds is 5. The summed E-state index contributed by atoms with van der Waals surface area (Å²) in [6, 6.07) is 10.3. The molecule has 1 amide bonds. The second-order valence-corrected chi connectivity index (χ2v) is 7.32. The molecule has 8 nitrogen and oxygen atoms in total. The number of piperazine rings is 1. The highest BCUT2D eigenvalue weighted by Crippen LogP contribution is 2.21. The van der Waals surface area contributed by atoms with Crippen LogP contribution in [0.1, 0.15) is 0 Å². The van der Waals surface area contributed by atoms with Crippen molar-refractivity contribution in [3.05, 3.63) is 59.3 Å². The number of benzene rings is 1. The highest BCUT2D eigenvalue weighted by molar-refractivity contribution is 5.82. The Morgan fingerprint density at radius 2 is 1.81 bits per heavy atom. The van der Waals surface area contributed by atoms with E-state index < -0.39 is 12.8 Å². The normalized spacial score (nSPS) is 14.6. The van der Waals surface area contributed by atoms with Crippen molar-refractivity contribution in [2.45, 2.75) is 12.7 Å². The second kappa shape index (κ2) is 8.85. The topological polar surface area (TPSA) is 80.6 Å². The molecular formula is C21H20F3N5O3. The number of alkyl halides is 3. The van der Waals surface area contributed by atoms with Gasteiger partial charge in [0, 0.05) is 43.8 Å². The highest BCUT2D eigenvalue weighted by atomic mass is 19.4. The van der Waals surface area contributed by atoms with Crippen molar-refractivity contribution in [2.75, 3.05) is 37.7 Å². The van der Waals surface area contributed by atoms with Crippen molar-refractivity contribution in [2.24, 2.45) is 0 Å². The molecule has 4 rings (SSSR count). The van der Waals surface area contributed by atoms with Crippen LogP contribution in [0.15, 0.2) is 53.7 Å². The fourth-order valence-corrected chi connectivity index (χ4v) is 3.52. The number of nitrogens with zero attached hydrogens (tertiary/aromatic N) is 5. The van der Waals surface area contributed by atoms with Gasteiger partial charge < -0.3 is 19.1 Å². The molecule has 0 N–H and O–H groups in total. The van der Waals surface area contributed by atoms with Gasteiger partial charge in [-0.15, -0.1) is 0 Å². The zero-order valence-corrected chi connectivity index (χ0v) is 17.0. The number of hydrogen-bond donors (Lipinski definition) is 0. The molecule has 0 atom stereocenters. The summed E-state index contributed by atoms with van der Waals surface area (Å²) in [6.45, 7) is 0.169. The first kappa shape index (κ1) is 21.6. The van der Waals surface area contributed by atoms with Gasteiger partial charge in [-0.1, -0.05) is 18.2 Å². The van der Waals surface area contributed by atoms with Crippen molar-refractivity contribution in [1.29, 1.82) is 0 Å². The maximum Gasteiger partial charge on any atom is 0.422 e. The maximum absolute atomic E-state index is 12.7. The summed E-state index contributed by atoms with van der Waals surface area (Å²) in [5, 5.41) is 1.37. The van der Waals surface area contributed by atoms with E-state index in [1.165, 1.54) is 10.6 Å². The van der Waals surface area contributed by atoms with Crippen LogP contribution < -0.4 is 15.2 Å². The highest BCUT2D eigenvalue weighted by Gasteiger charge is 2.29. The molecule has 0 radical (unpaired) electrons. The largest absolute Gasteiger partial charge is 0.468 e. The Bertz CT molecular complexity index is 1170. The number of amides is 1. The minimum atomic E-state index is -4.45. The summed E-state index contributed by atoms with van der Waals surface area (Å²) in [5.74, 6) is 0.0791. The number of pyridine rings is 1. The van der Waals surface area contributed by atoms with Gasteiger partial charge in [0.2, 0.25) is 11.8 Å². The third-order valence-electron chi connectivity index (χ3n) is 5.16. The van der Waals surface area contributed by atoms with Crippen LogP contribution in [-0.2, 0) is 11.3 Å². The lowest BCUT2D eigenvalue weighted by atomic mass is 10.2. The first-order valence-corrected chi connectivity index (χ1v) is 9.93. The number of ether oxygens (including phenoxy) is 1. The zero-order chi connectivity index (χ0) is 22.7. The molecule has 0 saturated carbocycles. The van der Waals surface area contributed by atoms with Gasteiger partial charge in [-0.2, -0.15) is 13.2 Å². The van der Waals surface area contributed by atoms with Gasteiger partial charge in [0.15, 0.2) is 6.61 Å². The van der Waals surface area contributed by atoms with Crippen molar-refractivity contribution >= 4 is 22.5 Å². The average Bonchev–Trinajstić information content (AvgIpc) is 2.79. The van der Waals surface area contributed by atoms with Crippen LogP contribution in [-0.4, -0.2) is 64.3 Å². The monoisotopic (exact) mass is 447 g/mol. The Morgan fingerprint density at radius 3 is 2.56 bits per heavy atom. The summed E-state index contributed by atoms with van der Waals surface area (Å²) in [5.41, 5.74) is -0.220. The molecule has 1 fully saturated rings. The van der Waals surface area contributed by atoms with E-state index in [2.05, 4.69) is 14.7 Å². The van der Waals surface area contributed by atoms with E-state index in [9.17, 15) is 22.8 Å². The van der Waals surface area contributed by atoms with E-state index in [4.69, 9.17) is 0 Å². The molecule has 32 heavy (non-hydrogen) atoms. The minimum Gasteiger partial charge on any atom is -0.468 e. The molecule has 3 heterocycles. The fraction of sp³-hybridized carbons (Fsp3) is 0.333. The summed E-state index contributed by atoms with van der Waals surface area (Å²) in [6.07, 6.45) is -1.70. The van der Waals surface area contributed by atoms with E-state index in [0.717, 1.165) is 11.7 Å². The second-order valence-electron chi connectivity index (χ2n) is 7.32. The molecule has 1 aliphatic heterocycles. The van der Waals surface area contributed by atoms with E-state index >= 15 is 0 Å². The van der Waals surface area contributed by atoms with Gasteiger partial charge in [0.05, 0.1) is 0 Å². The summed E-state index contributed by atoms with van der Waals surface area (Å²) in [4.78, 5) is 36.6. The molecule has 168 valence electrons. The number of fused-ring (bicyclic) bond motifs is 1. The Hall–Kier alpha value is -3.63. The number of halogens is 3. The lowest BCUT2D eigenvalue weighted by molar-refractivity contribution is -0.154. The first-order chi connectivity index (χ1) is 15.3. The van der Waals surface area contributed by atoms with Gasteiger partial charge in [0.1, 0.15) is 18.7 Å². The van der Waals surface area contributed by atoms with Crippen LogP contribution in [0.3, 0.4) is 0 Å². The smallest absolute Gasteiger partial charge is 0.422 e.